The fourth-order valence-corrected chi connectivity index (χ4v) is 2.34. The van der Waals surface area contributed by atoms with E-state index in [4.69, 9.17) is 0 Å². The summed E-state index contributed by atoms with van der Waals surface area (Å²) < 4.78 is 51.1. The highest BCUT2D eigenvalue weighted by Gasteiger charge is 2.45. The SMILES string of the molecule is CNC(c1ccc(F)c(C(F)(F)F)c1)C1(C)CC1. The minimum Gasteiger partial charge on any atom is -0.313 e. The molecule has 1 aromatic carbocycles. The lowest BCUT2D eigenvalue weighted by atomic mass is 9.91. The van der Waals surface area contributed by atoms with Crippen LogP contribution in [0.3, 0.4) is 0 Å². The van der Waals surface area contributed by atoms with Crippen molar-refractivity contribution in [1.29, 1.82) is 0 Å². The van der Waals surface area contributed by atoms with E-state index in [0.717, 1.165) is 25.0 Å². The molecule has 1 aromatic rings. The number of nitrogens with one attached hydrogen (secondary N) is 1. The molecule has 1 fully saturated rings. The molecule has 1 atom stereocenters. The van der Waals surface area contributed by atoms with E-state index in [1.54, 1.807) is 7.05 Å². The van der Waals surface area contributed by atoms with E-state index < -0.39 is 17.6 Å². The van der Waals surface area contributed by atoms with E-state index in [9.17, 15) is 17.6 Å². The highest BCUT2D eigenvalue weighted by molar-refractivity contribution is 5.31. The Morgan fingerprint density at radius 3 is 2.33 bits per heavy atom. The number of alkyl halides is 3. The van der Waals surface area contributed by atoms with Gasteiger partial charge in [0.2, 0.25) is 0 Å². The molecule has 100 valence electrons. The summed E-state index contributed by atoms with van der Waals surface area (Å²) >= 11 is 0. The van der Waals surface area contributed by atoms with Crippen molar-refractivity contribution < 1.29 is 17.6 Å². The molecule has 0 bridgehead atoms. The monoisotopic (exact) mass is 261 g/mol. The molecule has 1 nitrogen and oxygen atoms in total. The zero-order chi connectivity index (χ0) is 13.6. The number of benzene rings is 1. The van der Waals surface area contributed by atoms with Crippen molar-refractivity contribution >= 4 is 0 Å². The van der Waals surface area contributed by atoms with E-state index in [2.05, 4.69) is 5.32 Å². The molecular formula is C13H15F4N. The summed E-state index contributed by atoms with van der Waals surface area (Å²) in [4.78, 5) is 0. The van der Waals surface area contributed by atoms with Gasteiger partial charge >= 0.3 is 6.18 Å². The van der Waals surface area contributed by atoms with Crippen molar-refractivity contribution in [1.82, 2.24) is 5.32 Å². The summed E-state index contributed by atoms with van der Waals surface area (Å²) in [6.45, 7) is 2.02. The lowest BCUT2D eigenvalue weighted by Crippen LogP contribution is -2.25. The van der Waals surface area contributed by atoms with Crippen LogP contribution in [0.25, 0.3) is 0 Å². The molecule has 1 N–H and O–H groups in total. The summed E-state index contributed by atoms with van der Waals surface area (Å²) in [6, 6.07) is 3.07. The average Bonchev–Trinajstić information content (AvgIpc) is 2.99. The second kappa shape index (κ2) is 4.23. The van der Waals surface area contributed by atoms with Crippen LogP contribution >= 0.6 is 0 Å². The van der Waals surface area contributed by atoms with Gasteiger partial charge in [-0.25, -0.2) is 4.39 Å². The second-order valence-electron chi connectivity index (χ2n) is 5.11. The van der Waals surface area contributed by atoms with Crippen molar-refractivity contribution in [2.45, 2.75) is 32.0 Å². The number of hydrogen-bond acceptors (Lipinski definition) is 1. The second-order valence-corrected chi connectivity index (χ2v) is 5.11. The third-order valence-electron chi connectivity index (χ3n) is 3.65. The van der Waals surface area contributed by atoms with Crippen LogP contribution in [0.4, 0.5) is 17.6 Å². The van der Waals surface area contributed by atoms with Crippen LogP contribution in [-0.2, 0) is 6.18 Å². The summed E-state index contributed by atoms with van der Waals surface area (Å²) in [6.07, 6.45) is -2.71. The van der Waals surface area contributed by atoms with Gasteiger partial charge in [0.15, 0.2) is 0 Å². The third kappa shape index (κ3) is 2.36. The molecule has 5 heteroatoms. The minimum absolute atomic E-state index is 0.0184. The Hall–Kier alpha value is -1.10. The maximum atomic E-state index is 13.2. The summed E-state index contributed by atoms with van der Waals surface area (Å²) in [5.74, 6) is -1.22. The van der Waals surface area contributed by atoms with Crippen molar-refractivity contribution in [2.24, 2.45) is 5.41 Å². The molecule has 0 heterocycles. The highest BCUT2D eigenvalue weighted by atomic mass is 19.4. The predicted molar refractivity (Wildman–Crippen MR) is 60.5 cm³/mol. The van der Waals surface area contributed by atoms with E-state index in [1.807, 2.05) is 6.92 Å². The maximum absolute atomic E-state index is 13.2. The molecule has 0 saturated heterocycles. The fourth-order valence-electron chi connectivity index (χ4n) is 2.34. The standard InChI is InChI=1S/C13H15F4N/c1-12(5-6-12)11(18-2)8-3-4-10(14)9(7-8)13(15,16)17/h3-4,7,11,18H,5-6H2,1-2H3. The van der Waals surface area contributed by atoms with Crippen LogP contribution < -0.4 is 5.32 Å². The first kappa shape index (κ1) is 13.3. The Labute approximate surface area is 103 Å². The molecule has 0 amide bonds. The zero-order valence-corrected chi connectivity index (χ0v) is 10.2. The topological polar surface area (TPSA) is 12.0 Å². The maximum Gasteiger partial charge on any atom is 0.419 e. The molecule has 0 spiro atoms. The van der Waals surface area contributed by atoms with Crippen LogP contribution in [0.2, 0.25) is 0 Å². The molecule has 0 aliphatic heterocycles. The minimum atomic E-state index is -4.65. The fraction of sp³-hybridized carbons (Fsp3) is 0.538. The van der Waals surface area contributed by atoms with Gasteiger partial charge in [-0.15, -0.1) is 0 Å². The normalized spacial score (nSPS) is 19.7. The quantitative estimate of drug-likeness (QED) is 0.813. The lowest BCUT2D eigenvalue weighted by molar-refractivity contribution is -0.140. The largest absolute Gasteiger partial charge is 0.419 e. The van der Waals surface area contributed by atoms with Gasteiger partial charge in [-0.2, -0.15) is 13.2 Å². The molecule has 0 radical (unpaired) electrons. The van der Waals surface area contributed by atoms with E-state index in [1.165, 1.54) is 6.07 Å². The van der Waals surface area contributed by atoms with E-state index in [-0.39, 0.29) is 11.5 Å². The highest BCUT2D eigenvalue weighted by Crippen LogP contribution is 2.54. The van der Waals surface area contributed by atoms with Crippen LogP contribution in [-0.4, -0.2) is 7.05 Å². The van der Waals surface area contributed by atoms with Gasteiger partial charge in [-0.3, -0.25) is 0 Å². The Balaban J connectivity index is 2.40. The summed E-state index contributed by atoms with van der Waals surface area (Å²) in [5, 5.41) is 3.03. The van der Waals surface area contributed by atoms with Gasteiger partial charge in [0, 0.05) is 6.04 Å². The van der Waals surface area contributed by atoms with Crippen molar-refractivity contribution in [3.05, 3.63) is 35.1 Å². The molecule has 1 unspecified atom stereocenters. The Morgan fingerprint density at radius 2 is 1.89 bits per heavy atom. The average molecular weight is 261 g/mol. The first-order chi connectivity index (χ1) is 8.28. The van der Waals surface area contributed by atoms with Crippen LogP contribution in [0.5, 0.6) is 0 Å². The number of hydrogen-bond donors (Lipinski definition) is 1. The first-order valence-corrected chi connectivity index (χ1v) is 5.82. The third-order valence-corrected chi connectivity index (χ3v) is 3.65. The van der Waals surface area contributed by atoms with E-state index in [0.29, 0.717) is 5.56 Å². The Morgan fingerprint density at radius 1 is 1.28 bits per heavy atom. The van der Waals surface area contributed by atoms with Gasteiger partial charge in [-0.1, -0.05) is 13.0 Å². The smallest absolute Gasteiger partial charge is 0.313 e. The van der Waals surface area contributed by atoms with Crippen molar-refractivity contribution in [3.63, 3.8) is 0 Å². The number of halogens is 4. The molecule has 1 aliphatic rings. The lowest BCUT2D eigenvalue weighted by Gasteiger charge is -2.24. The summed E-state index contributed by atoms with van der Waals surface area (Å²) in [5.41, 5.74) is -0.717. The molecule has 1 aliphatic carbocycles. The van der Waals surface area contributed by atoms with E-state index >= 15 is 0 Å². The first-order valence-electron chi connectivity index (χ1n) is 5.82. The van der Waals surface area contributed by atoms with Crippen LogP contribution in [0, 0.1) is 11.2 Å². The van der Waals surface area contributed by atoms with Gasteiger partial charge in [-0.05, 0) is 43.0 Å². The Bertz CT molecular complexity index is 449. The van der Waals surface area contributed by atoms with Gasteiger partial charge in [0.1, 0.15) is 5.82 Å². The molecule has 0 aromatic heterocycles. The molecular weight excluding hydrogens is 246 g/mol. The van der Waals surface area contributed by atoms with Crippen LogP contribution in [0.15, 0.2) is 18.2 Å². The van der Waals surface area contributed by atoms with Gasteiger partial charge in [0.25, 0.3) is 0 Å². The van der Waals surface area contributed by atoms with Crippen molar-refractivity contribution in [3.8, 4) is 0 Å². The zero-order valence-electron chi connectivity index (χ0n) is 10.2. The van der Waals surface area contributed by atoms with Gasteiger partial charge < -0.3 is 5.32 Å². The Kier molecular flexibility index (Phi) is 3.13. The predicted octanol–water partition coefficient (Wildman–Crippen LogP) is 3.91. The van der Waals surface area contributed by atoms with Crippen molar-refractivity contribution in [2.75, 3.05) is 7.05 Å². The number of rotatable bonds is 3. The summed E-state index contributed by atoms with van der Waals surface area (Å²) in [7, 11) is 1.71. The van der Waals surface area contributed by atoms with Gasteiger partial charge in [0.05, 0.1) is 5.56 Å². The van der Waals surface area contributed by atoms with Crippen LogP contribution in [0.1, 0.15) is 36.9 Å². The molecule has 18 heavy (non-hydrogen) atoms. The molecule has 2 rings (SSSR count). The molecule has 1 saturated carbocycles.